The third-order valence-corrected chi connectivity index (χ3v) is 3.87. The lowest BCUT2D eigenvalue weighted by molar-refractivity contribution is -0.124. The van der Waals surface area contributed by atoms with Crippen molar-refractivity contribution in [2.24, 2.45) is 0 Å². The van der Waals surface area contributed by atoms with Crippen LogP contribution in [-0.4, -0.2) is 42.3 Å². The smallest absolute Gasteiger partial charge is 0.239 e. The summed E-state index contributed by atoms with van der Waals surface area (Å²) in [5.74, 6) is -0.320. The molecule has 0 unspecified atom stereocenters. The van der Waals surface area contributed by atoms with Gasteiger partial charge in [0.1, 0.15) is 0 Å². The monoisotopic (exact) mass is 337 g/mol. The van der Waals surface area contributed by atoms with Crippen LogP contribution in [0.2, 0.25) is 0 Å². The zero-order valence-electron chi connectivity index (χ0n) is 13.7. The van der Waals surface area contributed by atoms with Gasteiger partial charge in [0.15, 0.2) is 0 Å². The van der Waals surface area contributed by atoms with Crippen LogP contribution in [0.4, 0.5) is 5.69 Å². The Bertz CT molecular complexity index is 576. The summed E-state index contributed by atoms with van der Waals surface area (Å²) in [6, 6.07) is 5.80. The molecular weight excluding hydrogens is 314 g/mol. The standard InChI is InChI=1S/C16H23N3O3S/c1-4-17-14(20)8-18-15(21)9-23-10-16(22)19-13-6-5-11(2)7-12(13)3/h5-7H,4,8-10H2,1-3H3,(H,17,20)(H,18,21)(H,19,22). The van der Waals surface area contributed by atoms with Gasteiger partial charge in [-0.2, -0.15) is 0 Å². The first-order chi connectivity index (χ1) is 10.9. The van der Waals surface area contributed by atoms with E-state index in [1.807, 2.05) is 39.0 Å². The van der Waals surface area contributed by atoms with Gasteiger partial charge in [-0.3, -0.25) is 14.4 Å². The van der Waals surface area contributed by atoms with Gasteiger partial charge in [-0.1, -0.05) is 17.7 Å². The maximum Gasteiger partial charge on any atom is 0.239 e. The lowest BCUT2D eigenvalue weighted by Crippen LogP contribution is -2.37. The van der Waals surface area contributed by atoms with E-state index in [9.17, 15) is 14.4 Å². The number of anilines is 1. The molecule has 0 aliphatic rings. The van der Waals surface area contributed by atoms with Gasteiger partial charge in [-0.05, 0) is 32.4 Å². The van der Waals surface area contributed by atoms with Crippen molar-refractivity contribution in [2.75, 3.05) is 29.9 Å². The Labute approximate surface area is 140 Å². The van der Waals surface area contributed by atoms with E-state index in [4.69, 9.17) is 0 Å². The maximum atomic E-state index is 11.9. The Hall–Kier alpha value is -2.02. The number of rotatable bonds is 8. The van der Waals surface area contributed by atoms with Gasteiger partial charge >= 0.3 is 0 Å². The molecule has 126 valence electrons. The zero-order chi connectivity index (χ0) is 17.2. The van der Waals surface area contributed by atoms with Crippen LogP contribution in [0.1, 0.15) is 18.1 Å². The predicted molar refractivity (Wildman–Crippen MR) is 93.6 cm³/mol. The summed E-state index contributed by atoms with van der Waals surface area (Å²) in [6.07, 6.45) is 0. The second-order valence-electron chi connectivity index (χ2n) is 5.09. The summed E-state index contributed by atoms with van der Waals surface area (Å²) in [7, 11) is 0. The first-order valence-corrected chi connectivity index (χ1v) is 8.56. The topological polar surface area (TPSA) is 87.3 Å². The van der Waals surface area contributed by atoms with E-state index in [-0.39, 0.29) is 35.8 Å². The number of carbonyl (C=O) groups is 3. The van der Waals surface area contributed by atoms with Gasteiger partial charge in [0, 0.05) is 12.2 Å². The van der Waals surface area contributed by atoms with E-state index >= 15 is 0 Å². The minimum absolute atomic E-state index is 0.0397. The zero-order valence-corrected chi connectivity index (χ0v) is 14.5. The van der Waals surface area contributed by atoms with Crippen molar-refractivity contribution in [3.63, 3.8) is 0 Å². The van der Waals surface area contributed by atoms with E-state index in [2.05, 4.69) is 16.0 Å². The molecule has 3 N–H and O–H groups in total. The highest BCUT2D eigenvalue weighted by atomic mass is 32.2. The van der Waals surface area contributed by atoms with Crippen molar-refractivity contribution in [1.29, 1.82) is 0 Å². The van der Waals surface area contributed by atoms with E-state index in [1.54, 1.807) is 0 Å². The number of benzene rings is 1. The van der Waals surface area contributed by atoms with Crippen LogP contribution in [-0.2, 0) is 14.4 Å². The fourth-order valence-electron chi connectivity index (χ4n) is 1.87. The highest BCUT2D eigenvalue weighted by Gasteiger charge is 2.08. The Kier molecular flexibility index (Phi) is 8.18. The minimum Gasteiger partial charge on any atom is -0.355 e. The van der Waals surface area contributed by atoms with Crippen LogP contribution in [0.5, 0.6) is 0 Å². The molecule has 0 spiro atoms. The minimum atomic E-state index is -0.263. The number of hydrogen-bond acceptors (Lipinski definition) is 4. The molecule has 0 bridgehead atoms. The average molecular weight is 337 g/mol. The average Bonchev–Trinajstić information content (AvgIpc) is 2.48. The molecule has 0 aliphatic carbocycles. The lowest BCUT2D eigenvalue weighted by Gasteiger charge is -2.09. The molecule has 0 radical (unpaired) electrons. The van der Waals surface area contributed by atoms with Crippen LogP contribution in [0.15, 0.2) is 18.2 Å². The summed E-state index contributed by atoms with van der Waals surface area (Å²) >= 11 is 1.21. The number of likely N-dealkylation sites (N-methyl/N-ethyl adjacent to an activating group) is 1. The van der Waals surface area contributed by atoms with Gasteiger partial charge in [0.2, 0.25) is 17.7 Å². The normalized spacial score (nSPS) is 10.0. The van der Waals surface area contributed by atoms with Crippen molar-refractivity contribution in [3.05, 3.63) is 29.3 Å². The van der Waals surface area contributed by atoms with Crippen LogP contribution in [0.3, 0.4) is 0 Å². The van der Waals surface area contributed by atoms with Gasteiger partial charge in [-0.25, -0.2) is 0 Å². The quantitative estimate of drug-likeness (QED) is 0.666. The SMILES string of the molecule is CCNC(=O)CNC(=O)CSCC(=O)Nc1ccc(C)cc1C. The van der Waals surface area contributed by atoms with E-state index < -0.39 is 0 Å². The molecule has 0 aromatic heterocycles. The fourth-order valence-corrected chi connectivity index (χ4v) is 2.51. The molecule has 23 heavy (non-hydrogen) atoms. The van der Waals surface area contributed by atoms with Crippen LogP contribution in [0, 0.1) is 13.8 Å². The second kappa shape index (κ2) is 9.89. The van der Waals surface area contributed by atoms with Crippen molar-refractivity contribution >= 4 is 35.2 Å². The lowest BCUT2D eigenvalue weighted by atomic mass is 10.1. The van der Waals surface area contributed by atoms with Crippen LogP contribution in [0.25, 0.3) is 0 Å². The molecule has 0 atom stereocenters. The Morgan fingerprint density at radius 1 is 1.00 bits per heavy atom. The number of carbonyl (C=O) groups excluding carboxylic acids is 3. The molecule has 1 aromatic rings. The van der Waals surface area contributed by atoms with Crippen LogP contribution >= 0.6 is 11.8 Å². The third kappa shape index (κ3) is 7.69. The molecule has 6 nitrogen and oxygen atoms in total. The summed E-state index contributed by atoms with van der Waals surface area (Å²) in [4.78, 5) is 34.6. The fraction of sp³-hybridized carbons (Fsp3) is 0.438. The first kappa shape index (κ1) is 19.0. The molecule has 1 rings (SSSR count). The van der Waals surface area contributed by atoms with E-state index in [0.717, 1.165) is 16.8 Å². The molecule has 0 heterocycles. The van der Waals surface area contributed by atoms with E-state index in [0.29, 0.717) is 6.54 Å². The third-order valence-electron chi connectivity index (χ3n) is 2.94. The molecular formula is C16H23N3O3S. The van der Waals surface area contributed by atoms with Crippen LogP contribution < -0.4 is 16.0 Å². The molecule has 0 aliphatic heterocycles. The Balaban J connectivity index is 2.26. The van der Waals surface area contributed by atoms with Crippen molar-refractivity contribution in [1.82, 2.24) is 10.6 Å². The molecule has 0 saturated heterocycles. The maximum absolute atomic E-state index is 11.9. The summed E-state index contributed by atoms with van der Waals surface area (Å²) in [6.45, 7) is 6.23. The summed E-state index contributed by atoms with van der Waals surface area (Å²) in [5.41, 5.74) is 2.92. The van der Waals surface area contributed by atoms with Crippen molar-refractivity contribution in [2.45, 2.75) is 20.8 Å². The molecule has 3 amide bonds. The first-order valence-electron chi connectivity index (χ1n) is 7.40. The predicted octanol–water partition coefficient (Wildman–Crippen LogP) is 1.23. The van der Waals surface area contributed by atoms with Gasteiger partial charge in [0.25, 0.3) is 0 Å². The second-order valence-corrected chi connectivity index (χ2v) is 6.08. The number of thioether (sulfide) groups is 1. The highest BCUT2D eigenvalue weighted by Crippen LogP contribution is 2.16. The summed E-state index contributed by atoms with van der Waals surface area (Å²) < 4.78 is 0. The molecule has 7 heteroatoms. The van der Waals surface area contributed by atoms with Gasteiger partial charge < -0.3 is 16.0 Å². The molecule has 0 saturated carbocycles. The highest BCUT2D eigenvalue weighted by molar-refractivity contribution is 8.00. The Morgan fingerprint density at radius 2 is 1.70 bits per heavy atom. The van der Waals surface area contributed by atoms with Crippen molar-refractivity contribution in [3.8, 4) is 0 Å². The van der Waals surface area contributed by atoms with Gasteiger partial charge in [0.05, 0.1) is 18.1 Å². The Morgan fingerprint density at radius 3 is 2.35 bits per heavy atom. The summed E-state index contributed by atoms with van der Waals surface area (Å²) in [5, 5.41) is 7.91. The number of amides is 3. The molecule has 1 aromatic carbocycles. The molecule has 0 fully saturated rings. The van der Waals surface area contributed by atoms with E-state index in [1.165, 1.54) is 11.8 Å². The van der Waals surface area contributed by atoms with Crippen molar-refractivity contribution < 1.29 is 14.4 Å². The largest absolute Gasteiger partial charge is 0.355 e. The number of aryl methyl sites for hydroxylation is 2. The number of hydrogen-bond donors (Lipinski definition) is 3. The van der Waals surface area contributed by atoms with Gasteiger partial charge in [-0.15, -0.1) is 11.8 Å². The number of nitrogens with one attached hydrogen (secondary N) is 3.